The molecule has 1 N–H and O–H groups in total. The fraction of sp³-hybridized carbons (Fsp3) is 0.467. The van der Waals surface area contributed by atoms with Crippen molar-refractivity contribution in [3.63, 3.8) is 0 Å². The van der Waals surface area contributed by atoms with Crippen LogP contribution in [0.3, 0.4) is 0 Å². The van der Waals surface area contributed by atoms with Crippen LogP contribution in [0.25, 0.3) is 0 Å². The maximum absolute atomic E-state index is 12.1. The second kappa shape index (κ2) is 6.77. The maximum atomic E-state index is 12.1. The Balaban J connectivity index is 3.17. The Hall–Kier alpha value is -2.80. The van der Waals surface area contributed by atoms with Crippen molar-refractivity contribution in [3.8, 4) is 18.4 Å². The molecule has 1 aromatic heterocycles. The molecule has 1 amide bonds. The number of hydrogen-bond donors (Lipinski definition) is 1. The van der Waals surface area contributed by atoms with E-state index in [9.17, 15) is 14.4 Å². The first-order valence-corrected chi connectivity index (χ1v) is 6.83. The zero-order chi connectivity index (χ0) is 16.9. The van der Waals surface area contributed by atoms with E-state index in [2.05, 4.69) is 11.2 Å². The molecule has 22 heavy (non-hydrogen) atoms. The van der Waals surface area contributed by atoms with Crippen molar-refractivity contribution in [1.82, 2.24) is 14.5 Å². The predicted molar refractivity (Wildman–Crippen MR) is 80.9 cm³/mol. The van der Waals surface area contributed by atoms with Gasteiger partial charge in [0.2, 0.25) is 5.91 Å². The van der Waals surface area contributed by atoms with E-state index in [4.69, 9.17) is 11.7 Å². The smallest absolute Gasteiger partial charge is 0.331 e. The number of aryl methyl sites for hydroxylation is 1. The lowest BCUT2D eigenvalue weighted by molar-refractivity contribution is -0.123. The van der Waals surface area contributed by atoms with Crippen LogP contribution in [0.2, 0.25) is 0 Å². The average molecular weight is 302 g/mol. The zero-order valence-corrected chi connectivity index (χ0v) is 12.8. The molecule has 0 fully saturated rings. The fourth-order valence-corrected chi connectivity index (χ4v) is 2.06. The summed E-state index contributed by atoms with van der Waals surface area (Å²) in [7, 11) is 1.40. The molecule has 0 spiro atoms. The second-order valence-corrected chi connectivity index (χ2v) is 4.92. The van der Waals surface area contributed by atoms with Crippen LogP contribution in [0.5, 0.6) is 0 Å². The van der Waals surface area contributed by atoms with Gasteiger partial charge in [0.05, 0.1) is 0 Å². The van der Waals surface area contributed by atoms with E-state index < -0.39 is 29.2 Å². The number of carbonyl (C=O) groups is 1. The van der Waals surface area contributed by atoms with Gasteiger partial charge in [0, 0.05) is 13.2 Å². The van der Waals surface area contributed by atoms with Crippen molar-refractivity contribution in [2.75, 3.05) is 0 Å². The molecule has 0 aromatic carbocycles. The number of nitrogens with zero attached hydrogens (tertiary/aromatic N) is 3. The van der Waals surface area contributed by atoms with Gasteiger partial charge in [-0.05, 0) is 12.8 Å². The van der Waals surface area contributed by atoms with Gasteiger partial charge in [-0.3, -0.25) is 9.59 Å². The molecular formula is C15H18N4O3. The molecule has 0 aliphatic rings. The molecule has 0 bridgehead atoms. The quantitative estimate of drug-likeness (QED) is 0.757. The van der Waals surface area contributed by atoms with Crippen molar-refractivity contribution in [2.45, 2.75) is 38.8 Å². The number of nitrogens with one attached hydrogen (secondary N) is 1. The Morgan fingerprint density at radius 2 is 2.00 bits per heavy atom. The number of terminal acetylenes is 1. The van der Waals surface area contributed by atoms with Gasteiger partial charge in [-0.1, -0.05) is 19.8 Å². The standard InChI is InChI=1S/C15H18N4O3/c1-5-15(6-2,7-3)17-12(20)10-19-13(21)11(8-16)9-18(4)14(19)22/h1,9H,6-7,10H2,2-4H3,(H,17,20). The Labute approximate surface area is 128 Å². The minimum atomic E-state index is -0.807. The topological polar surface area (TPSA) is 96.9 Å². The number of nitriles is 1. The third-order valence-corrected chi connectivity index (χ3v) is 3.62. The Kier molecular flexibility index (Phi) is 5.31. The first-order chi connectivity index (χ1) is 10.3. The molecule has 1 heterocycles. The van der Waals surface area contributed by atoms with Crippen LogP contribution in [-0.2, 0) is 18.4 Å². The van der Waals surface area contributed by atoms with E-state index in [0.717, 1.165) is 15.3 Å². The first kappa shape index (κ1) is 17.3. The summed E-state index contributed by atoms with van der Waals surface area (Å²) in [6.07, 6.45) is 7.65. The van der Waals surface area contributed by atoms with Gasteiger partial charge in [0.15, 0.2) is 0 Å². The van der Waals surface area contributed by atoms with Gasteiger partial charge >= 0.3 is 5.69 Å². The molecule has 7 heteroatoms. The van der Waals surface area contributed by atoms with E-state index in [-0.39, 0.29) is 5.56 Å². The minimum absolute atomic E-state index is 0.205. The van der Waals surface area contributed by atoms with E-state index in [1.165, 1.54) is 7.05 Å². The summed E-state index contributed by atoms with van der Waals surface area (Å²) in [5, 5.41) is 11.6. The number of rotatable bonds is 5. The summed E-state index contributed by atoms with van der Waals surface area (Å²) in [5.41, 5.74) is -2.47. The van der Waals surface area contributed by atoms with Crippen LogP contribution in [-0.4, -0.2) is 20.6 Å². The maximum Gasteiger partial charge on any atom is 0.331 e. The highest BCUT2D eigenvalue weighted by Crippen LogP contribution is 2.13. The van der Waals surface area contributed by atoms with Gasteiger partial charge in [-0.25, -0.2) is 9.36 Å². The lowest BCUT2D eigenvalue weighted by Gasteiger charge is -2.27. The van der Waals surface area contributed by atoms with E-state index in [1.54, 1.807) is 6.07 Å². The molecule has 0 saturated carbocycles. The monoisotopic (exact) mass is 302 g/mol. The summed E-state index contributed by atoms with van der Waals surface area (Å²) in [5.74, 6) is 1.99. The third-order valence-electron chi connectivity index (χ3n) is 3.62. The highest BCUT2D eigenvalue weighted by molar-refractivity contribution is 5.77. The minimum Gasteiger partial charge on any atom is -0.338 e. The SMILES string of the molecule is C#CC(CC)(CC)NC(=O)Cn1c(=O)c(C#N)cn(C)c1=O. The lowest BCUT2D eigenvalue weighted by Crippen LogP contribution is -2.50. The Morgan fingerprint density at radius 3 is 2.45 bits per heavy atom. The number of carbonyl (C=O) groups excluding carboxylic acids is 1. The molecule has 0 atom stereocenters. The third kappa shape index (κ3) is 3.26. The van der Waals surface area contributed by atoms with Gasteiger partial charge in [-0.2, -0.15) is 5.26 Å². The van der Waals surface area contributed by atoms with Crippen LogP contribution >= 0.6 is 0 Å². The van der Waals surface area contributed by atoms with Crippen molar-refractivity contribution >= 4 is 5.91 Å². The summed E-state index contributed by atoms with van der Waals surface area (Å²) in [4.78, 5) is 36.1. The van der Waals surface area contributed by atoms with Crippen molar-refractivity contribution < 1.29 is 4.79 Å². The molecule has 7 nitrogen and oxygen atoms in total. The molecule has 116 valence electrons. The molecule has 1 rings (SSSR count). The van der Waals surface area contributed by atoms with Crippen LogP contribution in [0, 0.1) is 23.7 Å². The second-order valence-electron chi connectivity index (χ2n) is 4.92. The molecular weight excluding hydrogens is 284 g/mol. The van der Waals surface area contributed by atoms with Crippen molar-refractivity contribution in [2.24, 2.45) is 7.05 Å². The highest BCUT2D eigenvalue weighted by atomic mass is 16.2. The molecule has 0 radical (unpaired) electrons. The summed E-state index contributed by atoms with van der Waals surface area (Å²) < 4.78 is 1.81. The van der Waals surface area contributed by atoms with Gasteiger partial charge in [0.25, 0.3) is 5.56 Å². The number of aromatic nitrogens is 2. The molecule has 1 aromatic rings. The molecule has 0 aliphatic carbocycles. The molecule has 0 aliphatic heterocycles. The first-order valence-electron chi connectivity index (χ1n) is 6.83. The number of hydrogen-bond acceptors (Lipinski definition) is 4. The molecule has 0 unspecified atom stereocenters. The van der Waals surface area contributed by atoms with E-state index >= 15 is 0 Å². The summed E-state index contributed by atoms with van der Waals surface area (Å²) in [6.45, 7) is 3.20. The van der Waals surface area contributed by atoms with Crippen molar-refractivity contribution in [3.05, 3.63) is 32.6 Å². The summed E-state index contributed by atoms with van der Waals surface area (Å²) >= 11 is 0. The zero-order valence-electron chi connectivity index (χ0n) is 12.8. The number of amides is 1. The molecule has 0 saturated heterocycles. The van der Waals surface area contributed by atoms with Crippen LogP contribution in [0.4, 0.5) is 0 Å². The average Bonchev–Trinajstić information content (AvgIpc) is 2.52. The van der Waals surface area contributed by atoms with Gasteiger partial charge < -0.3 is 9.88 Å². The van der Waals surface area contributed by atoms with E-state index in [1.807, 2.05) is 13.8 Å². The van der Waals surface area contributed by atoms with Crippen LogP contribution in [0.15, 0.2) is 15.8 Å². The highest BCUT2D eigenvalue weighted by Gasteiger charge is 2.26. The van der Waals surface area contributed by atoms with Crippen LogP contribution < -0.4 is 16.6 Å². The van der Waals surface area contributed by atoms with Crippen molar-refractivity contribution in [1.29, 1.82) is 5.26 Å². The van der Waals surface area contributed by atoms with Gasteiger partial charge in [-0.15, -0.1) is 6.42 Å². The summed E-state index contributed by atoms with van der Waals surface area (Å²) in [6, 6.07) is 1.70. The lowest BCUT2D eigenvalue weighted by atomic mass is 9.94. The fourth-order valence-electron chi connectivity index (χ4n) is 2.06. The Morgan fingerprint density at radius 1 is 1.41 bits per heavy atom. The van der Waals surface area contributed by atoms with Crippen LogP contribution in [0.1, 0.15) is 32.3 Å². The normalized spacial score (nSPS) is 10.6. The van der Waals surface area contributed by atoms with Gasteiger partial charge in [0.1, 0.15) is 23.7 Å². The predicted octanol–water partition coefficient (Wildman–Crippen LogP) is -0.273. The Bertz CT molecular complexity index is 770. The van der Waals surface area contributed by atoms with E-state index in [0.29, 0.717) is 12.8 Å². The largest absolute Gasteiger partial charge is 0.338 e.